The van der Waals surface area contributed by atoms with Crippen LogP contribution in [0.3, 0.4) is 0 Å². The van der Waals surface area contributed by atoms with Crippen molar-refractivity contribution in [2.45, 2.75) is 18.8 Å². The third-order valence-electron chi connectivity index (χ3n) is 5.08. The van der Waals surface area contributed by atoms with Crippen molar-refractivity contribution < 1.29 is 9.53 Å². The van der Waals surface area contributed by atoms with Gasteiger partial charge in [0.05, 0.1) is 11.7 Å². The molecule has 3 aromatic heterocycles. The van der Waals surface area contributed by atoms with E-state index in [0.29, 0.717) is 17.8 Å². The Morgan fingerprint density at radius 2 is 2.14 bits per heavy atom. The summed E-state index contributed by atoms with van der Waals surface area (Å²) in [5, 5.41) is 8.60. The van der Waals surface area contributed by atoms with Crippen LogP contribution in [0.5, 0.6) is 5.75 Å². The number of hydrogen-bond acceptors (Lipinski definition) is 7. The lowest BCUT2D eigenvalue weighted by molar-refractivity contribution is -0.134. The fourth-order valence-electron chi connectivity index (χ4n) is 3.68. The number of carbonyl (C=O) groups excluding carboxylic acids is 1. The maximum atomic E-state index is 12.7. The first-order chi connectivity index (χ1) is 13.8. The Hall–Kier alpha value is -3.07. The zero-order chi connectivity index (χ0) is 18.9. The van der Waals surface area contributed by atoms with Crippen molar-refractivity contribution in [2.24, 2.45) is 0 Å². The summed E-state index contributed by atoms with van der Waals surface area (Å²) in [6.07, 6.45) is 3.89. The molecule has 5 rings (SSSR count). The van der Waals surface area contributed by atoms with Crippen LogP contribution in [0.15, 0.2) is 42.6 Å². The van der Waals surface area contributed by atoms with Gasteiger partial charge in [-0.3, -0.25) is 9.20 Å². The topological polar surface area (TPSA) is 85.5 Å². The zero-order valence-electron chi connectivity index (χ0n) is 15.1. The molecule has 0 bridgehead atoms. The van der Waals surface area contributed by atoms with E-state index < -0.39 is 0 Å². The first-order valence-electron chi connectivity index (χ1n) is 9.21. The SMILES string of the molecule is O=C(COc1cccc2nsnc12)N1CCC[C@@H](c2nnc3ccccn23)C1. The van der Waals surface area contributed by atoms with Gasteiger partial charge < -0.3 is 9.64 Å². The number of aromatic nitrogens is 5. The van der Waals surface area contributed by atoms with Crippen molar-refractivity contribution >= 4 is 34.3 Å². The molecule has 8 nitrogen and oxygen atoms in total. The molecule has 0 unspecified atom stereocenters. The number of ether oxygens (including phenoxy) is 1. The highest BCUT2D eigenvalue weighted by Crippen LogP contribution is 2.27. The van der Waals surface area contributed by atoms with Crippen LogP contribution in [0, 0.1) is 0 Å². The molecule has 9 heteroatoms. The number of rotatable bonds is 4. The fourth-order valence-corrected chi connectivity index (χ4v) is 4.22. The van der Waals surface area contributed by atoms with Gasteiger partial charge in [0.25, 0.3) is 5.91 Å². The minimum atomic E-state index is -0.0290. The molecule has 0 spiro atoms. The molecule has 4 heterocycles. The number of amides is 1. The van der Waals surface area contributed by atoms with E-state index in [1.165, 1.54) is 0 Å². The monoisotopic (exact) mass is 394 g/mol. The molecule has 1 fully saturated rings. The summed E-state index contributed by atoms with van der Waals surface area (Å²) < 4.78 is 16.2. The minimum absolute atomic E-state index is 0.00998. The predicted molar refractivity (Wildman–Crippen MR) is 104 cm³/mol. The second kappa shape index (κ2) is 7.16. The van der Waals surface area contributed by atoms with Crippen molar-refractivity contribution in [2.75, 3.05) is 19.7 Å². The van der Waals surface area contributed by atoms with Gasteiger partial charge in [-0.2, -0.15) is 8.75 Å². The normalized spacial score (nSPS) is 17.3. The summed E-state index contributed by atoms with van der Waals surface area (Å²) in [5.41, 5.74) is 2.31. The van der Waals surface area contributed by atoms with E-state index in [-0.39, 0.29) is 18.4 Å². The predicted octanol–water partition coefficient (Wildman–Crippen LogP) is 2.52. The van der Waals surface area contributed by atoms with E-state index in [0.717, 1.165) is 48.1 Å². The largest absolute Gasteiger partial charge is 0.481 e. The van der Waals surface area contributed by atoms with Gasteiger partial charge >= 0.3 is 0 Å². The first-order valence-corrected chi connectivity index (χ1v) is 9.94. The van der Waals surface area contributed by atoms with Crippen LogP contribution in [0.2, 0.25) is 0 Å². The maximum Gasteiger partial charge on any atom is 0.260 e. The number of carbonyl (C=O) groups is 1. The van der Waals surface area contributed by atoms with Crippen molar-refractivity contribution in [3.05, 3.63) is 48.4 Å². The van der Waals surface area contributed by atoms with Crippen molar-refractivity contribution in [1.29, 1.82) is 0 Å². The summed E-state index contributed by atoms with van der Waals surface area (Å²) in [6.45, 7) is 1.35. The number of hydrogen-bond donors (Lipinski definition) is 0. The molecule has 0 radical (unpaired) electrons. The highest BCUT2D eigenvalue weighted by atomic mass is 32.1. The number of fused-ring (bicyclic) bond motifs is 2. The molecule has 0 saturated carbocycles. The van der Waals surface area contributed by atoms with E-state index >= 15 is 0 Å². The van der Waals surface area contributed by atoms with Crippen LogP contribution in [0.1, 0.15) is 24.6 Å². The second-order valence-electron chi connectivity index (χ2n) is 6.84. The Balaban J connectivity index is 1.28. The Kier molecular flexibility index (Phi) is 4.36. The van der Waals surface area contributed by atoms with Crippen LogP contribution in [0.4, 0.5) is 0 Å². The van der Waals surface area contributed by atoms with Gasteiger partial charge in [-0.05, 0) is 37.1 Å². The number of benzene rings is 1. The van der Waals surface area contributed by atoms with Crippen molar-refractivity contribution in [3.63, 3.8) is 0 Å². The summed E-state index contributed by atoms with van der Waals surface area (Å²) in [5.74, 6) is 1.64. The van der Waals surface area contributed by atoms with Gasteiger partial charge in [0.15, 0.2) is 12.3 Å². The van der Waals surface area contributed by atoms with Crippen LogP contribution in [-0.4, -0.2) is 53.8 Å². The molecule has 1 aromatic carbocycles. The Morgan fingerprint density at radius 1 is 1.18 bits per heavy atom. The smallest absolute Gasteiger partial charge is 0.260 e. The molecule has 0 N–H and O–H groups in total. The molecule has 1 aliphatic heterocycles. The third-order valence-corrected chi connectivity index (χ3v) is 5.62. The van der Waals surface area contributed by atoms with Gasteiger partial charge in [-0.15, -0.1) is 10.2 Å². The molecule has 28 heavy (non-hydrogen) atoms. The number of piperidine rings is 1. The highest BCUT2D eigenvalue weighted by Gasteiger charge is 2.28. The summed E-state index contributed by atoms with van der Waals surface area (Å²) >= 11 is 1.14. The second-order valence-corrected chi connectivity index (χ2v) is 7.37. The average Bonchev–Trinajstić information content (AvgIpc) is 3.39. The van der Waals surface area contributed by atoms with E-state index in [1.54, 1.807) is 0 Å². The molecule has 142 valence electrons. The van der Waals surface area contributed by atoms with Gasteiger partial charge in [-0.25, -0.2) is 0 Å². The van der Waals surface area contributed by atoms with Crippen molar-refractivity contribution in [1.82, 2.24) is 28.2 Å². The Labute approximate surface area is 165 Å². The first kappa shape index (κ1) is 17.1. The van der Waals surface area contributed by atoms with Crippen LogP contribution < -0.4 is 4.74 Å². The van der Waals surface area contributed by atoms with Crippen LogP contribution in [-0.2, 0) is 4.79 Å². The van der Waals surface area contributed by atoms with E-state index in [9.17, 15) is 4.79 Å². The van der Waals surface area contributed by atoms with E-state index in [4.69, 9.17) is 4.74 Å². The quantitative estimate of drug-likeness (QED) is 0.529. The molecule has 1 atom stereocenters. The Morgan fingerprint density at radius 3 is 3.11 bits per heavy atom. The molecular formula is C19H18N6O2S. The summed E-state index contributed by atoms with van der Waals surface area (Å²) in [6, 6.07) is 11.4. The third kappa shape index (κ3) is 3.07. The molecule has 1 aliphatic rings. The highest BCUT2D eigenvalue weighted by molar-refractivity contribution is 7.00. The van der Waals surface area contributed by atoms with Gasteiger partial charge in [-0.1, -0.05) is 12.1 Å². The van der Waals surface area contributed by atoms with Gasteiger partial charge in [0.1, 0.15) is 22.6 Å². The van der Waals surface area contributed by atoms with E-state index in [2.05, 4.69) is 18.9 Å². The lowest BCUT2D eigenvalue weighted by Gasteiger charge is -2.31. The average molecular weight is 394 g/mol. The number of nitrogens with zero attached hydrogens (tertiary/aromatic N) is 6. The van der Waals surface area contributed by atoms with Crippen LogP contribution in [0.25, 0.3) is 16.7 Å². The Bertz CT molecular complexity index is 1140. The van der Waals surface area contributed by atoms with E-state index in [1.807, 2.05) is 51.9 Å². The van der Waals surface area contributed by atoms with Gasteiger partial charge in [0.2, 0.25) is 0 Å². The summed E-state index contributed by atoms with van der Waals surface area (Å²) in [7, 11) is 0. The number of pyridine rings is 1. The van der Waals surface area contributed by atoms with Crippen LogP contribution >= 0.6 is 11.7 Å². The fraction of sp³-hybridized carbons (Fsp3) is 0.316. The zero-order valence-corrected chi connectivity index (χ0v) is 15.9. The molecular weight excluding hydrogens is 376 g/mol. The summed E-state index contributed by atoms with van der Waals surface area (Å²) in [4.78, 5) is 14.6. The molecule has 1 amide bonds. The lowest BCUT2D eigenvalue weighted by atomic mass is 9.97. The number of likely N-dealkylation sites (tertiary alicyclic amines) is 1. The minimum Gasteiger partial charge on any atom is -0.481 e. The lowest BCUT2D eigenvalue weighted by Crippen LogP contribution is -2.42. The molecule has 4 aromatic rings. The van der Waals surface area contributed by atoms with Crippen molar-refractivity contribution in [3.8, 4) is 5.75 Å². The maximum absolute atomic E-state index is 12.7. The standard InChI is InChI=1S/C19H18N6O2S/c26-17(12-27-15-7-3-6-14-18(15)23-28-22-14)24-9-4-5-13(11-24)19-21-20-16-8-1-2-10-25(16)19/h1-3,6-8,10,13H,4-5,9,11-12H2/t13-/m1/s1. The molecule has 0 aliphatic carbocycles. The van der Waals surface area contributed by atoms with Gasteiger partial charge in [0, 0.05) is 25.2 Å². The molecule has 1 saturated heterocycles.